The summed E-state index contributed by atoms with van der Waals surface area (Å²) < 4.78 is 40.2. The van der Waals surface area contributed by atoms with Crippen LogP contribution in [-0.2, 0) is 10.0 Å². The smallest absolute Gasteiger partial charge is 0.278 e. The summed E-state index contributed by atoms with van der Waals surface area (Å²) in [4.78, 5) is 3.52. The molecule has 0 saturated carbocycles. The lowest BCUT2D eigenvalue weighted by molar-refractivity contribution is 0.557. The van der Waals surface area contributed by atoms with Crippen molar-refractivity contribution in [3.8, 4) is 0 Å². The highest BCUT2D eigenvalue weighted by Gasteiger charge is 2.20. The van der Waals surface area contributed by atoms with Gasteiger partial charge in [0.2, 0.25) is 5.03 Å². The van der Waals surface area contributed by atoms with Crippen LogP contribution in [0.5, 0.6) is 0 Å². The van der Waals surface area contributed by atoms with Crippen LogP contribution in [0.15, 0.2) is 46.0 Å². The van der Waals surface area contributed by atoms with E-state index in [1.165, 1.54) is 24.4 Å². The third kappa shape index (κ3) is 3.23. The summed E-state index contributed by atoms with van der Waals surface area (Å²) in [5.74, 6) is -0.918. The molecule has 0 atom stereocenters. The van der Waals surface area contributed by atoms with Gasteiger partial charge in [0.05, 0.1) is 10.7 Å². The number of hydrogen-bond donors (Lipinski definition) is 1. The highest BCUT2D eigenvalue weighted by molar-refractivity contribution is 9.10. The number of rotatable bonds is 3. The molecule has 1 heterocycles. The van der Waals surface area contributed by atoms with Crippen LogP contribution in [0.4, 0.5) is 10.1 Å². The molecule has 0 aliphatic heterocycles. The number of nitrogens with zero attached hydrogens (tertiary/aromatic N) is 1. The number of nitrogens with one attached hydrogen (secondary N) is 1. The molecule has 1 aromatic carbocycles. The van der Waals surface area contributed by atoms with E-state index in [1.807, 2.05) is 0 Å². The van der Waals surface area contributed by atoms with Crippen LogP contribution in [-0.4, -0.2) is 13.4 Å². The summed E-state index contributed by atoms with van der Waals surface area (Å²) in [5.41, 5.74) is 0.221. The predicted molar refractivity (Wildman–Crippen MR) is 74.2 cm³/mol. The largest absolute Gasteiger partial charge is 0.282 e. The van der Waals surface area contributed by atoms with E-state index in [1.54, 1.807) is 6.07 Å². The molecule has 100 valence electrons. The van der Waals surface area contributed by atoms with Gasteiger partial charge in [-0.15, -0.1) is 0 Å². The molecular weight excluding hydrogens is 359 g/mol. The number of pyridine rings is 1. The van der Waals surface area contributed by atoms with Crippen LogP contribution in [0.1, 0.15) is 0 Å². The number of hydrogen-bond acceptors (Lipinski definition) is 3. The van der Waals surface area contributed by atoms with Crippen molar-refractivity contribution >= 4 is 43.2 Å². The Hall–Kier alpha value is -1.18. The van der Waals surface area contributed by atoms with Gasteiger partial charge < -0.3 is 0 Å². The summed E-state index contributed by atoms with van der Waals surface area (Å²) in [6, 6.07) is 6.81. The number of anilines is 1. The molecule has 2 rings (SSSR count). The molecule has 1 N–H and O–H groups in total. The molecule has 0 aliphatic carbocycles. The maximum Gasteiger partial charge on any atom is 0.282 e. The lowest BCUT2D eigenvalue weighted by atomic mass is 10.3. The zero-order valence-electron chi connectivity index (χ0n) is 9.27. The molecule has 0 amide bonds. The molecule has 0 unspecified atom stereocenters. The van der Waals surface area contributed by atoms with Gasteiger partial charge in [-0.05, 0) is 46.3 Å². The summed E-state index contributed by atoms with van der Waals surface area (Å²) in [6.07, 6.45) is 1.20. The van der Waals surface area contributed by atoms with Crippen molar-refractivity contribution in [3.63, 3.8) is 0 Å². The van der Waals surface area contributed by atoms with Crippen molar-refractivity contribution < 1.29 is 12.8 Å². The summed E-state index contributed by atoms with van der Waals surface area (Å²) in [7, 11) is -4.08. The van der Waals surface area contributed by atoms with E-state index < -0.39 is 20.9 Å². The van der Waals surface area contributed by atoms with Crippen molar-refractivity contribution in [1.29, 1.82) is 0 Å². The van der Waals surface area contributed by atoms with Crippen LogP contribution in [0, 0.1) is 5.82 Å². The van der Waals surface area contributed by atoms with E-state index in [4.69, 9.17) is 11.6 Å². The van der Waals surface area contributed by atoms with Crippen LogP contribution in [0.3, 0.4) is 0 Å². The zero-order valence-corrected chi connectivity index (χ0v) is 12.4. The van der Waals surface area contributed by atoms with E-state index in [2.05, 4.69) is 25.6 Å². The Morgan fingerprint density at radius 3 is 2.68 bits per heavy atom. The molecule has 0 spiro atoms. The molecule has 0 fully saturated rings. The second kappa shape index (κ2) is 5.44. The average molecular weight is 366 g/mol. The van der Waals surface area contributed by atoms with Crippen LogP contribution >= 0.6 is 27.5 Å². The van der Waals surface area contributed by atoms with E-state index in [-0.39, 0.29) is 5.69 Å². The molecule has 0 saturated heterocycles. The van der Waals surface area contributed by atoms with Gasteiger partial charge >= 0.3 is 0 Å². The maximum atomic E-state index is 13.4. The fourth-order valence-electron chi connectivity index (χ4n) is 1.33. The topological polar surface area (TPSA) is 59.1 Å². The van der Waals surface area contributed by atoms with Gasteiger partial charge in [-0.2, -0.15) is 8.42 Å². The van der Waals surface area contributed by atoms with Crippen LogP contribution in [0.2, 0.25) is 5.02 Å². The molecule has 0 bridgehead atoms. The van der Waals surface area contributed by atoms with E-state index in [0.29, 0.717) is 9.50 Å². The average Bonchev–Trinajstić information content (AvgIpc) is 2.34. The Kier molecular flexibility index (Phi) is 4.07. The third-order valence-corrected chi connectivity index (χ3v) is 4.70. The number of sulfonamides is 1. The van der Waals surface area contributed by atoms with Crippen molar-refractivity contribution in [2.45, 2.75) is 5.03 Å². The van der Waals surface area contributed by atoms with Gasteiger partial charge in [0, 0.05) is 10.7 Å². The maximum absolute atomic E-state index is 13.4. The molecule has 0 radical (unpaired) electrons. The van der Waals surface area contributed by atoms with Crippen molar-refractivity contribution in [2.24, 2.45) is 0 Å². The van der Waals surface area contributed by atoms with Gasteiger partial charge in [0.1, 0.15) is 0 Å². The van der Waals surface area contributed by atoms with Gasteiger partial charge in [-0.25, -0.2) is 9.37 Å². The fraction of sp³-hybridized carbons (Fsp3) is 0. The summed E-state index contributed by atoms with van der Waals surface area (Å²) >= 11 is 9.03. The van der Waals surface area contributed by atoms with E-state index >= 15 is 0 Å². The van der Waals surface area contributed by atoms with Gasteiger partial charge in [0.15, 0.2) is 5.82 Å². The second-order valence-electron chi connectivity index (χ2n) is 3.52. The van der Waals surface area contributed by atoms with Gasteiger partial charge in [0.25, 0.3) is 10.0 Å². The monoisotopic (exact) mass is 364 g/mol. The Bertz CT molecular complexity index is 724. The van der Waals surface area contributed by atoms with E-state index in [9.17, 15) is 12.8 Å². The lowest BCUT2D eigenvalue weighted by Gasteiger charge is -2.08. The number of halogens is 3. The lowest BCUT2D eigenvalue weighted by Crippen LogP contribution is -2.16. The normalized spacial score (nSPS) is 11.3. The van der Waals surface area contributed by atoms with Crippen molar-refractivity contribution in [3.05, 3.63) is 51.8 Å². The zero-order chi connectivity index (χ0) is 14.0. The SMILES string of the molecule is O=S(=O)(Nc1ccc(Br)c(Cl)c1)c1ncccc1F. The Morgan fingerprint density at radius 1 is 1.32 bits per heavy atom. The van der Waals surface area contributed by atoms with Gasteiger partial charge in [-0.3, -0.25) is 4.72 Å². The first-order valence-corrected chi connectivity index (χ1v) is 7.64. The number of benzene rings is 1. The summed E-state index contributed by atoms with van der Waals surface area (Å²) in [5, 5.41) is -0.323. The minimum absolute atomic E-state index is 0.221. The molecular formula is C11H7BrClFN2O2S. The number of aromatic nitrogens is 1. The minimum atomic E-state index is -4.08. The molecule has 4 nitrogen and oxygen atoms in total. The van der Waals surface area contributed by atoms with Crippen LogP contribution in [0.25, 0.3) is 0 Å². The third-order valence-electron chi connectivity index (χ3n) is 2.15. The van der Waals surface area contributed by atoms with Gasteiger partial charge in [-0.1, -0.05) is 11.6 Å². The first kappa shape index (κ1) is 14.2. The molecule has 19 heavy (non-hydrogen) atoms. The first-order valence-electron chi connectivity index (χ1n) is 4.98. The van der Waals surface area contributed by atoms with Crippen molar-refractivity contribution in [1.82, 2.24) is 4.98 Å². The second-order valence-corrected chi connectivity index (χ2v) is 6.38. The minimum Gasteiger partial charge on any atom is -0.278 e. The Labute approximate surface area is 122 Å². The molecule has 8 heteroatoms. The fourth-order valence-corrected chi connectivity index (χ4v) is 2.82. The van der Waals surface area contributed by atoms with Crippen LogP contribution < -0.4 is 4.72 Å². The first-order chi connectivity index (χ1) is 8.90. The highest BCUT2D eigenvalue weighted by atomic mass is 79.9. The quantitative estimate of drug-likeness (QED) is 0.906. The Morgan fingerprint density at radius 2 is 2.05 bits per heavy atom. The molecule has 0 aliphatic rings. The molecule has 2 aromatic rings. The highest BCUT2D eigenvalue weighted by Crippen LogP contribution is 2.26. The van der Waals surface area contributed by atoms with E-state index in [0.717, 1.165) is 6.07 Å². The van der Waals surface area contributed by atoms with Crippen molar-refractivity contribution in [2.75, 3.05) is 4.72 Å². The standard InChI is InChI=1S/C11H7BrClFN2O2S/c12-8-4-3-7(6-9(8)13)16-19(17,18)11-10(14)2-1-5-15-11/h1-6,16H. The Balaban J connectivity index is 2.37. The predicted octanol–water partition coefficient (Wildman–Crippen LogP) is 3.44. The molecule has 1 aromatic heterocycles. The summed E-state index contributed by atoms with van der Waals surface area (Å²) in [6.45, 7) is 0.